The molecule has 0 saturated carbocycles. The highest BCUT2D eigenvalue weighted by Gasteiger charge is 2.18. The molecular weight excluding hydrogens is 440 g/mol. The number of nitrogens with zero attached hydrogens (tertiary/aromatic N) is 1. The number of sulfone groups is 1. The smallest absolute Gasteiger partial charge is 0.293 e. The number of piperidine rings is 1. The average Bonchev–Trinajstić information content (AvgIpc) is 3.15. The van der Waals surface area contributed by atoms with Gasteiger partial charge in [-0.15, -0.1) is 23.1 Å². The van der Waals surface area contributed by atoms with E-state index in [1.165, 1.54) is 24.1 Å². The molecule has 6 nitrogen and oxygen atoms in total. The van der Waals surface area contributed by atoms with E-state index in [0.717, 1.165) is 29.4 Å². The van der Waals surface area contributed by atoms with Crippen molar-refractivity contribution in [3.63, 3.8) is 0 Å². The zero-order chi connectivity index (χ0) is 22.2. The van der Waals surface area contributed by atoms with Gasteiger partial charge in [0, 0.05) is 28.2 Å². The minimum absolute atomic E-state index is 0.318. The van der Waals surface area contributed by atoms with Crippen molar-refractivity contribution in [1.82, 2.24) is 10.3 Å². The summed E-state index contributed by atoms with van der Waals surface area (Å²) in [5, 5.41) is 6.79. The molecule has 2 heterocycles. The summed E-state index contributed by atoms with van der Waals surface area (Å²) in [6.07, 6.45) is 3.58. The van der Waals surface area contributed by atoms with Crippen LogP contribution in [0.5, 0.6) is 0 Å². The Kier molecular flexibility index (Phi) is 9.33. The topological polar surface area (TPSA) is 85.4 Å². The molecule has 1 saturated heterocycles. The Morgan fingerprint density at radius 1 is 1.23 bits per heavy atom. The third-order valence-corrected chi connectivity index (χ3v) is 7.53. The van der Waals surface area contributed by atoms with E-state index in [1.54, 1.807) is 35.2 Å². The molecule has 0 unspecified atom stereocenters. The van der Waals surface area contributed by atoms with Crippen LogP contribution in [0.2, 0.25) is 0 Å². The average molecular weight is 471 g/mol. The highest BCUT2D eigenvalue weighted by atomic mass is 32.2. The zero-order valence-electron chi connectivity index (χ0n) is 17.9. The van der Waals surface area contributed by atoms with Crippen molar-refractivity contribution in [3.8, 4) is 0 Å². The Morgan fingerprint density at radius 3 is 2.37 bits per heavy atom. The third kappa shape index (κ3) is 8.75. The first-order chi connectivity index (χ1) is 14.1. The van der Waals surface area contributed by atoms with Crippen LogP contribution in [-0.4, -0.2) is 44.8 Å². The number of ether oxygens (including phenoxy) is 1. The van der Waals surface area contributed by atoms with Gasteiger partial charge in [0.15, 0.2) is 9.84 Å². The number of nitrogens with one attached hydrogen (secondary N) is 1. The van der Waals surface area contributed by atoms with Crippen LogP contribution in [0.15, 0.2) is 39.4 Å². The number of carbonyl (C=O) groups excluding carboxylic acids is 1. The molecule has 1 N–H and O–H groups in total. The number of hydrogen-bond acceptors (Lipinski definition) is 8. The first-order valence-corrected chi connectivity index (χ1v) is 13.5. The summed E-state index contributed by atoms with van der Waals surface area (Å²) in [5.41, 5.74) is 0.794. The zero-order valence-corrected chi connectivity index (χ0v) is 20.3. The van der Waals surface area contributed by atoms with E-state index >= 15 is 0 Å². The Morgan fingerprint density at radius 2 is 1.87 bits per heavy atom. The summed E-state index contributed by atoms with van der Waals surface area (Å²) in [6.45, 7) is 8.09. The lowest BCUT2D eigenvalue weighted by atomic mass is 9.99. The predicted molar refractivity (Wildman–Crippen MR) is 123 cm³/mol. The maximum atomic E-state index is 11.5. The van der Waals surface area contributed by atoms with Crippen molar-refractivity contribution in [3.05, 3.63) is 40.3 Å². The van der Waals surface area contributed by atoms with E-state index in [9.17, 15) is 13.2 Å². The van der Waals surface area contributed by atoms with Crippen molar-refractivity contribution in [2.75, 3.05) is 19.3 Å². The van der Waals surface area contributed by atoms with Gasteiger partial charge in [0.25, 0.3) is 6.47 Å². The van der Waals surface area contributed by atoms with Crippen LogP contribution in [0.1, 0.15) is 50.2 Å². The maximum absolute atomic E-state index is 11.5. The number of rotatable bonds is 6. The SMILES string of the molecule is CC(C)(C)OC=O.CS(=O)(=O)c1ccc(SCc2csc(C3CCNCC3)n2)cc1. The maximum Gasteiger partial charge on any atom is 0.293 e. The first kappa shape index (κ1) is 24.8. The van der Waals surface area contributed by atoms with E-state index in [2.05, 4.69) is 15.4 Å². The second kappa shape index (κ2) is 11.3. The summed E-state index contributed by atoms with van der Waals surface area (Å²) >= 11 is 3.46. The molecule has 0 spiro atoms. The standard InChI is InChI=1S/C16H20N2O2S3.C5H10O2/c1-23(19,20)15-4-2-14(3-5-15)21-10-13-11-22-16(18-13)12-6-8-17-9-7-12;1-5(2,3)7-4-6/h2-5,11-12,17H,6-10H2,1H3;4H,1-3H3. The Bertz CT molecular complexity index is 897. The molecule has 3 rings (SSSR count). The second-order valence-corrected chi connectivity index (χ2v) is 12.0. The molecule has 166 valence electrons. The lowest BCUT2D eigenvalue weighted by Crippen LogP contribution is -2.26. The van der Waals surface area contributed by atoms with E-state index in [0.29, 0.717) is 17.3 Å². The van der Waals surface area contributed by atoms with Crippen LogP contribution in [-0.2, 0) is 25.1 Å². The molecule has 9 heteroatoms. The van der Waals surface area contributed by atoms with Gasteiger partial charge in [-0.05, 0) is 71.0 Å². The first-order valence-electron chi connectivity index (χ1n) is 9.78. The van der Waals surface area contributed by atoms with Gasteiger partial charge in [-0.1, -0.05) is 0 Å². The van der Waals surface area contributed by atoms with Gasteiger partial charge >= 0.3 is 0 Å². The van der Waals surface area contributed by atoms with Crippen molar-refractivity contribution < 1.29 is 17.9 Å². The number of hydrogen-bond donors (Lipinski definition) is 1. The summed E-state index contributed by atoms with van der Waals surface area (Å²) in [4.78, 5) is 15.8. The number of thiazole rings is 1. The van der Waals surface area contributed by atoms with E-state index in [4.69, 9.17) is 4.98 Å². The van der Waals surface area contributed by atoms with Crippen molar-refractivity contribution in [1.29, 1.82) is 0 Å². The molecule has 0 aliphatic carbocycles. The summed E-state index contributed by atoms with van der Waals surface area (Å²) in [6, 6.07) is 7.06. The van der Waals surface area contributed by atoms with Crippen molar-refractivity contribution >= 4 is 39.4 Å². The molecule has 2 aromatic rings. The molecule has 0 radical (unpaired) electrons. The largest absolute Gasteiger partial charge is 0.462 e. The summed E-state index contributed by atoms with van der Waals surface area (Å²) in [5.74, 6) is 1.42. The molecular formula is C21H30N2O4S3. The summed E-state index contributed by atoms with van der Waals surface area (Å²) < 4.78 is 27.5. The van der Waals surface area contributed by atoms with Crippen LogP contribution in [0.3, 0.4) is 0 Å². The lowest BCUT2D eigenvalue weighted by molar-refractivity contribution is -0.138. The highest BCUT2D eigenvalue weighted by molar-refractivity contribution is 7.98. The number of thioether (sulfide) groups is 1. The summed E-state index contributed by atoms with van der Waals surface area (Å²) in [7, 11) is -3.12. The molecule has 1 aliphatic rings. The molecule has 1 fully saturated rings. The highest BCUT2D eigenvalue weighted by Crippen LogP contribution is 2.30. The van der Waals surface area contributed by atoms with E-state index in [1.807, 2.05) is 32.9 Å². The third-order valence-electron chi connectivity index (χ3n) is 4.30. The Balaban J connectivity index is 0.000000396. The minimum Gasteiger partial charge on any atom is -0.462 e. The molecule has 30 heavy (non-hydrogen) atoms. The molecule has 1 aromatic heterocycles. The predicted octanol–water partition coefficient (Wildman–Crippen LogP) is 4.26. The molecule has 0 amide bonds. The van der Waals surface area contributed by atoms with Gasteiger partial charge < -0.3 is 10.1 Å². The molecule has 0 atom stereocenters. The van der Waals surface area contributed by atoms with Gasteiger partial charge in [0.2, 0.25) is 0 Å². The number of aromatic nitrogens is 1. The van der Waals surface area contributed by atoms with Crippen LogP contribution < -0.4 is 5.32 Å². The molecule has 1 aromatic carbocycles. The number of carbonyl (C=O) groups is 1. The monoisotopic (exact) mass is 470 g/mol. The second-order valence-electron chi connectivity index (χ2n) is 8.06. The normalized spacial score (nSPS) is 15.2. The van der Waals surface area contributed by atoms with Crippen molar-refractivity contribution in [2.24, 2.45) is 0 Å². The quantitative estimate of drug-likeness (QED) is 0.498. The fraction of sp³-hybridized carbons (Fsp3) is 0.524. The van der Waals surface area contributed by atoms with Gasteiger partial charge in [0.05, 0.1) is 15.6 Å². The van der Waals surface area contributed by atoms with E-state index < -0.39 is 9.84 Å². The van der Waals surface area contributed by atoms with Crippen LogP contribution in [0, 0.1) is 0 Å². The van der Waals surface area contributed by atoms with Gasteiger partial charge in [0.1, 0.15) is 5.60 Å². The Hall–Kier alpha value is -1.42. The van der Waals surface area contributed by atoms with Gasteiger partial charge in [-0.3, -0.25) is 4.79 Å². The fourth-order valence-corrected chi connectivity index (χ4v) is 5.25. The molecule has 1 aliphatic heterocycles. The number of benzene rings is 1. The van der Waals surface area contributed by atoms with Crippen LogP contribution in [0.25, 0.3) is 0 Å². The Labute approximate surface area is 187 Å². The fourth-order valence-electron chi connectivity index (χ4n) is 2.73. The van der Waals surface area contributed by atoms with Gasteiger partial charge in [-0.2, -0.15) is 0 Å². The van der Waals surface area contributed by atoms with Crippen LogP contribution in [0.4, 0.5) is 0 Å². The van der Waals surface area contributed by atoms with Gasteiger partial charge in [-0.25, -0.2) is 13.4 Å². The van der Waals surface area contributed by atoms with E-state index in [-0.39, 0.29) is 5.60 Å². The van der Waals surface area contributed by atoms with Crippen LogP contribution >= 0.6 is 23.1 Å². The van der Waals surface area contributed by atoms with Crippen molar-refractivity contribution in [2.45, 2.75) is 60.7 Å². The molecule has 0 bridgehead atoms. The minimum atomic E-state index is -3.12. The lowest BCUT2D eigenvalue weighted by Gasteiger charge is -2.20.